The van der Waals surface area contributed by atoms with Gasteiger partial charge in [-0.15, -0.1) is 6.58 Å². The normalized spacial score (nSPS) is 12.9. The molecule has 0 bridgehead atoms. The Kier molecular flexibility index (Phi) is 6.86. The number of rotatable bonds is 6. The lowest BCUT2D eigenvalue weighted by molar-refractivity contribution is 0.680. The molecule has 0 spiro atoms. The standard InChI is InChI=1S/C7H15NOS/c1-2-3-6-10(9)7-4-5-8/h2H,1,3-8H2. The lowest BCUT2D eigenvalue weighted by atomic mass is 10.5. The molecule has 1 unspecified atom stereocenters. The molecular formula is C7H15NOS. The van der Waals surface area contributed by atoms with E-state index in [4.69, 9.17) is 5.73 Å². The zero-order chi connectivity index (χ0) is 7.82. The van der Waals surface area contributed by atoms with Crippen molar-refractivity contribution < 1.29 is 4.21 Å². The fraction of sp³-hybridized carbons (Fsp3) is 0.714. The molecule has 1 atom stereocenters. The van der Waals surface area contributed by atoms with Crippen molar-refractivity contribution in [3.8, 4) is 0 Å². The van der Waals surface area contributed by atoms with Crippen LogP contribution in [0.5, 0.6) is 0 Å². The summed E-state index contributed by atoms with van der Waals surface area (Å²) >= 11 is 0. The van der Waals surface area contributed by atoms with E-state index < -0.39 is 10.8 Å². The van der Waals surface area contributed by atoms with Crippen molar-refractivity contribution in [1.29, 1.82) is 0 Å². The summed E-state index contributed by atoms with van der Waals surface area (Å²) in [5.41, 5.74) is 5.25. The van der Waals surface area contributed by atoms with Crippen LogP contribution in [0.3, 0.4) is 0 Å². The highest BCUT2D eigenvalue weighted by atomic mass is 32.2. The van der Waals surface area contributed by atoms with Crippen molar-refractivity contribution in [3.05, 3.63) is 12.7 Å². The SMILES string of the molecule is C=CCCS(=O)CCCN. The second-order valence-corrected chi connectivity index (χ2v) is 3.76. The van der Waals surface area contributed by atoms with E-state index in [9.17, 15) is 4.21 Å². The van der Waals surface area contributed by atoms with Gasteiger partial charge >= 0.3 is 0 Å². The van der Waals surface area contributed by atoms with Crippen molar-refractivity contribution in [2.24, 2.45) is 5.73 Å². The number of allylic oxidation sites excluding steroid dienone is 1. The highest BCUT2D eigenvalue weighted by molar-refractivity contribution is 7.84. The molecule has 60 valence electrons. The molecule has 0 saturated carbocycles. The van der Waals surface area contributed by atoms with Gasteiger partial charge in [0, 0.05) is 22.3 Å². The summed E-state index contributed by atoms with van der Waals surface area (Å²) in [5.74, 6) is 1.48. The Hall–Kier alpha value is -0.150. The predicted molar refractivity (Wildman–Crippen MR) is 46.4 cm³/mol. The fourth-order valence-corrected chi connectivity index (χ4v) is 1.68. The van der Waals surface area contributed by atoms with Crippen molar-refractivity contribution in [2.75, 3.05) is 18.1 Å². The van der Waals surface area contributed by atoms with Gasteiger partial charge < -0.3 is 5.73 Å². The summed E-state index contributed by atoms with van der Waals surface area (Å²) < 4.78 is 11.0. The monoisotopic (exact) mass is 161 g/mol. The van der Waals surface area contributed by atoms with Crippen LogP contribution in [0.15, 0.2) is 12.7 Å². The molecule has 0 aliphatic carbocycles. The van der Waals surface area contributed by atoms with E-state index in [1.165, 1.54) is 0 Å². The summed E-state index contributed by atoms with van der Waals surface area (Å²) in [5, 5.41) is 0. The third kappa shape index (κ3) is 5.98. The van der Waals surface area contributed by atoms with E-state index in [1.54, 1.807) is 6.08 Å². The van der Waals surface area contributed by atoms with Crippen molar-refractivity contribution in [1.82, 2.24) is 0 Å². The van der Waals surface area contributed by atoms with E-state index in [1.807, 2.05) is 0 Å². The molecule has 0 aliphatic rings. The van der Waals surface area contributed by atoms with Gasteiger partial charge in [0.1, 0.15) is 0 Å². The van der Waals surface area contributed by atoms with Crippen LogP contribution < -0.4 is 5.73 Å². The third-order valence-corrected chi connectivity index (χ3v) is 2.56. The molecule has 0 rings (SSSR count). The molecule has 3 heteroatoms. The van der Waals surface area contributed by atoms with Gasteiger partial charge in [0.15, 0.2) is 0 Å². The molecule has 0 aliphatic heterocycles. The molecule has 0 aromatic rings. The number of nitrogens with two attached hydrogens (primary N) is 1. The van der Waals surface area contributed by atoms with Crippen LogP contribution in [0.2, 0.25) is 0 Å². The smallest absolute Gasteiger partial charge is 0.0269 e. The predicted octanol–water partition coefficient (Wildman–Crippen LogP) is 0.660. The molecule has 0 saturated heterocycles. The quantitative estimate of drug-likeness (QED) is 0.582. The second kappa shape index (κ2) is 6.96. The lowest BCUT2D eigenvalue weighted by Gasteiger charge is -1.96. The van der Waals surface area contributed by atoms with E-state index in [0.29, 0.717) is 6.54 Å². The van der Waals surface area contributed by atoms with Gasteiger partial charge in [0.2, 0.25) is 0 Å². The number of hydrogen-bond donors (Lipinski definition) is 1. The first-order chi connectivity index (χ1) is 4.81. The van der Waals surface area contributed by atoms with Crippen LogP contribution in [0.4, 0.5) is 0 Å². The van der Waals surface area contributed by atoms with Crippen LogP contribution >= 0.6 is 0 Å². The number of hydrogen-bond acceptors (Lipinski definition) is 2. The van der Waals surface area contributed by atoms with Crippen LogP contribution in [0, 0.1) is 0 Å². The van der Waals surface area contributed by atoms with Gasteiger partial charge in [-0.25, -0.2) is 0 Å². The van der Waals surface area contributed by atoms with Gasteiger partial charge in [-0.2, -0.15) is 0 Å². The molecular weight excluding hydrogens is 146 g/mol. The summed E-state index contributed by atoms with van der Waals surface area (Å²) in [4.78, 5) is 0. The Bertz CT molecular complexity index is 114. The Balaban J connectivity index is 3.16. The minimum absolute atomic E-state index is 0.639. The van der Waals surface area contributed by atoms with Gasteiger partial charge in [-0.05, 0) is 19.4 Å². The molecule has 0 radical (unpaired) electrons. The van der Waals surface area contributed by atoms with Crippen molar-refractivity contribution in [3.63, 3.8) is 0 Å². The lowest BCUT2D eigenvalue weighted by Crippen LogP contribution is -2.07. The Morgan fingerprint density at radius 2 is 2.20 bits per heavy atom. The summed E-state index contributed by atoms with van der Waals surface area (Å²) in [6.07, 6.45) is 3.50. The zero-order valence-electron chi connectivity index (χ0n) is 6.21. The molecule has 0 amide bonds. The molecule has 0 fully saturated rings. The minimum atomic E-state index is -0.671. The average Bonchev–Trinajstić information content (AvgIpc) is 1.97. The van der Waals surface area contributed by atoms with Crippen molar-refractivity contribution >= 4 is 10.8 Å². The van der Waals surface area contributed by atoms with Gasteiger partial charge in [-0.3, -0.25) is 4.21 Å². The Morgan fingerprint density at radius 1 is 1.50 bits per heavy atom. The zero-order valence-corrected chi connectivity index (χ0v) is 7.03. The van der Waals surface area contributed by atoms with Crippen LogP contribution in [0.1, 0.15) is 12.8 Å². The molecule has 0 heterocycles. The van der Waals surface area contributed by atoms with Gasteiger partial charge in [0.25, 0.3) is 0 Å². The van der Waals surface area contributed by atoms with Gasteiger partial charge in [-0.1, -0.05) is 6.08 Å². The van der Waals surface area contributed by atoms with E-state index >= 15 is 0 Å². The first-order valence-electron chi connectivity index (χ1n) is 3.47. The highest BCUT2D eigenvalue weighted by Crippen LogP contribution is 1.90. The Labute approximate surface area is 65.0 Å². The topological polar surface area (TPSA) is 43.1 Å². The van der Waals surface area contributed by atoms with E-state index in [0.717, 1.165) is 24.3 Å². The molecule has 2 N–H and O–H groups in total. The maximum absolute atomic E-state index is 11.0. The van der Waals surface area contributed by atoms with Crippen LogP contribution in [-0.2, 0) is 10.8 Å². The third-order valence-electron chi connectivity index (χ3n) is 1.13. The minimum Gasteiger partial charge on any atom is -0.330 e. The van der Waals surface area contributed by atoms with Crippen LogP contribution in [-0.4, -0.2) is 22.3 Å². The largest absolute Gasteiger partial charge is 0.330 e. The fourth-order valence-electron chi connectivity index (χ4n) is 0.561. The average molecular weight is 161 g/mol. The highest BCUT2D eigenvalue weighted by Gasteiger charge is 1.95. The van der Waals surface area contributed by atoms with E-state index in [2.05, 4.69) is 6.58 Å². The van der Waals surface area contributed by atoms with E-state index in [-0.39, 0.29) is 0 Å². The Morgan fingerprint density at radius 3 is 2.70 bits per heavy atom. The summed E-state index contributed by atoms with van der Waals surface area (Å²) in [7, 11) is -0.671. The molecule has 0 aromatic heterocycles. The molecule has 0 aromatic carbocycles. The summed E-state index contributed by atoms with van der Waals surface area (Å²) in [6.45, 7) is 4.19. The maximum Gasteiger partial charge on any atom is 0.0269 e. The molecule has 10 heavy (non-hydrogen) atoms. The summed E-state index contributed by atoms with van der Waals surface area (Å²) in [6, 6.07) is 0. The first kappa shape index (κ1) is 9.85. The maximum atomic E-state index is 11.0. The first-order valence-corrected chi connectivity index (χ1v) is 4.96. The molecule has 2 nitrogen and oxygen atoms in total. The van der Waals surface area contributed by atoms with Gasteiger partial charge in [0.05, 0.1) is 0 Å². The second-order valence-electron chi connectivity index (χ2n) is 2.07. The van der Waals surface area contributed by atoms with Crippen LogP contribution in [0.25, 0.3) is 0 Å². The van der Waals surface area contributed by atoms with Crippen molar-refractivity contribution in [2.45, 2.75) is 12.8 Å².